The van der Waals surface area contributed by atoms with Crippen LogP contribution in [0.15, 0.2) is 84.9 Å². The van der Waals surface area contributed by atoms with Gasteiger partial charge in [0.1, 0.15) is 0 Å². The number of aromatic nitrogens is 1. The zero-order valence-corrected chi connectivity index (χ0v) is 16.4. The van der Waals surface area contributed by atoms with Gasteiger partial charge in [0, 0.05) is 7.05 Å². The number of hydrogen-bond acceptors (Lipinski definition) is 4. The van der Waals surface area contributed by atoms with Crippen LogP contribution in [0, 0.1) is 0 Å². The van der Waals surface area contributed by atoms with Gasteiger partial charge in [-0.25, -0.2) is 4.98 Å². The van der Waals surface area contributed by atoms with E-state index in [1.807, 2.05) is 96.9 Å². The zero-order chi connectivity index (χ0) is 19.3. The Hall–Kier alpha value is -3.18. The van der Waals surface area contributed by atoms with Gasteiger partial charge in [0.2, 0.25) is 5.91 Å². The lowest BCUT2D eigenvalue weighted by molar-refractivity contribution is -0.120. The van der Waals surface area contributed by atoms with E-state index in [2.05, 4.69) is 10.3 Å². The van der Waals surface area contributed by atoms with Gasteiger partial charge in [-0.05, 0) is 23.3 Å². The fourth-order valence-electron chi connectivity index (χ4n) is 3.16. The molecule has 4 nitrogen and oxygen atoms in total. The molecule has 1 aromatic heterocycles. The third kappa shape index (κ3) is 4.05. The highest BCUT2D eigenvalue weighted by Gasteiger charge is 2.18. The largest absolute Gasteiger partial charge is 0.344 e. The highest BCUT2D eigenvalue weighted by atomic mass is 32.1. The standard InChI is InChI=1S/C23H21N3OS/c1-26(23-24-19-14-8-9-15-20(19)28-23)16-21(27)25-22(17-10-4-2-5-11-17)18-12-6-3-7-13-18/h2-15,22H,16H2,1H3,(H,25,27). The molecule has 0 unspecified atom stereocenters. The average molecular weight is 388 g/mol. The van der Waals surface area contributed by atoms with E-state index in [1.165, 1.54) is 0 Å². The molecular formula is C23H21N3OS. The van der Waals surface area contributed by atoms with Crippen molar-refractivity contribution in [1.29, 1.82) is 0 Å². The Morgan fingerprint density at radius 2 is 1.50 bits per heavy atom. The van der Waals surface area contributed by atoms with Crippen molar-refractivity contribution >= 4 is 32.6 Å². The minimum Gasteiger partial charge on any atom is -0.344 e. The highest BCUT2D eigenvalue weighted by Crippen LogP contribution is 2.28. The molecule has 1 N–H and O–H groups in total. The van der Waals surface area contributed by atoms with Gasteiger partial charge < -0.3 is 10.2 Å². The molecule has 0 atom stereocenters. The molecule has 5 heteroatoms. The summed E-state index contributed by atoms with van der Waals surface area (Å²) in [5.74, 6) is -0.0422. The van der Waals surface area contributed by atoms with Gasteiger partial charge in [0.25, 0.3) is 0 Å². The van der Waals surface area contributed by atoms with Gasteiger partial charge in [-0.15, -0.1) is 0 Å². The van der Waals surface area contributed by atoms with Crippen molar-refractivity contribution in [2.75, 3.05) is 18.5 Å². The molecule has 0 aliphatic rings. The molecule has 0 aliphatic heterocycles. The summed E-state index contributed by atoms with van der Waals surface area (Å²) in [7, 11) is 1.90. The second kappa shape index (κ2) is 8.23. The van der Waals surface area contributed by atoms with Crippen molar-refractivity contribution < 1.29 is 4.79 Å². The summed E-state index contributed by atoms with van der Waals surface area (Å²) in [6.07, 6.45) is 0. The molecule has 0 spiro atoms. The van der Waals surface area contributed by atoms with Crippen LogP contribution in [0.25, 0.3) is 10.2 Å². The number of thiazole rings is 1. The van der Waals surface area contributed by atoms with Crippen LogP contribution in [-0.2, 0) is 4.79 Å². The number of amides is 1. The van der Waals surface area contributed by atoms with Crippen LogP contribution in [0.4, 0.5) is 5.13 Å². The van der Waals surface area contributed by atoms with E-state index in [9.17, 15) is 4.79 Å². The molecule has 0 saturated heterocycles. The second-order valence-corrected chi connectivity index (χ2v) is 7.65. The summed E-state index contributed by atoms with van der Waals surface area (Å²) in [5.41, 5.74) is 3.08. The SMILES string of the molecule is CN(CC(=O)NC(c1ccccc1)c1ccccc1)c1nc2ccccc2s1. The van der Waals surface area contributed by atoms with Crippen LogP contribution in [0.5, 0.6) is 0 Å². The number of carbonyl (C=O) groups is 1. The Bertz CT molecular complexity index is 990. The molecule has 0 fully saturated rings. The topological polar surface area (TPSA) is 45.2 Å². The number of carbonyl (C=O) groups excluding carboxylic acids is 1. The zero-order valence-electron chi connectivity index (χ0n) is 15.6. The molecule has 1 amide bonds. The van der Waals surface area contributed by atoms with Crippen molar-refractivity contribution in [2.24, 2.45) is 0 Å². The van der Waals surface area contributed by atoms with Crippen molar-refractivity contribution in [3.63, 3.8) is 0 Å². The molecule has 0 aliphatic carbocycles. The van der Waals surface area contributed by atoms with Gasteiger partial charge >= 0.3 is 0 Å². The third-order valence-corrected chi connectivity index (χ3v) is 5.71. The lowest BCUT2D eigenvalue weighted by atomic mass is 9.99. The van der Waals surface area contributed by atoms with E-state index in [0.29, 0.717) is 0 Å². The van der Waals surface area contributed by atoms with Gasteiger partial charge in [0.15, 0.2) is 5.13 Å². The number of nitrogens with one attached hydrogen (secondary N) is 1. The van der Waals surface area contributed by atoms with Gasteiger partial charge in [0.05, 0.1) is 22.8 Å². The predicted octanol–water partition coefficient (Wildman–Crippen LogP) is 4.64. The molecule has 4 rings (SSSR count). The first-order valence-corrected chi connectivity index (χ1v) is 9.98. The summed E-state index contributed by atoms with van der Waals surface area (Å²) in [5, 5.41) is 4.02. The van der Waals surface area contributed by atoms with Crippen LogP contribution in [0.2, 0.25) is 0 Å². The van der Waals surface area contributed by atoms with E-state index in [4.69, 9.17) is 0 Å². The van der Waals surface area contributed by atoms with Gasteiger partial charge in [-0.2, -0.15) is 0 Å². The molecule has 1 heterocycles. The number of benzene rings is 3. The maximum Gasteiger partial charge on any atom is 0.240 e. The summed E-state index contributed by atoms with van der Waals surface area (Å²) in [6.45, 7) is 0.246. The van der Waals surface area contributed by atoms with Crippen LogP contribution >= 0.6 is 11.3 Å². The molecule has 4 aromatic rings. The number of likely N-dealkylation sites (N-methyl/N-ethyl adjacent to an activating group) is 1. The summed E-state index contributed by atoms with van der Waals surface area (Å²) >= 11 is 1.59. The number of anilines is 1. The Morgan fingerprint density at radius 1 is 0.929 bits per heavy atom. The first-order valence-electron chi connectivity index (χ1n) is 9.16. The Morgan fingerprint density at radius 3 is 2.11 bits per heavy atom. The van der Waals surface area contributed by atoms with E-state index in [-0.39, 0.29) is 18.5 Å². The van der Waals surface area contributed by atoms with Crippen molar-refractivity contribution in [3.05, 3.63) is 96.1 Å². The fourth-order valence-corrected chi connectivity index (χ4v) is 4.09. The molecule has 0 saturated carbocycles. The molecule has 0 bridgehead atoms. The molecule has 3 aromatic carbocycles. The predicted molar refractivity (Wildman–Crippen MR) is 116 cm³/mol. The molecule has 28 heavy (non-hydrogen) atoms. The second-order valence-electron chi connectivity index (χ2n) is 6.64. The number of rotatable bonds is 6. The van der Waals surface area contributed by atoms with Crippen LogP contribution in [-0.4, -0.2) is 24.5 Å². The van der Waals surface area contributed by atoms with Crippen molar-refractivity contribution in [1.82, 2.24) is 10.3 Å². The average Bonchev–Trinajstić information content (AvgIpc) is 3.18. The number of nitrogens with zero attached hydrogens (tertiary/aromatic N) is 2. The highest BCUT2D eigenvalue weighted by molar-refractivity contribution is 7.22. The van der Waals surface area contributed by atoms with Crippen molar-refractivity contribution in [2.45, 2.75) is 6.04 Å². The number of hydrogen-bond donors (Lipinski definition) is 1. The lowest BCUT2D eigenvalue weighted by Gasteiger charge is -2.22. The Balaban J connectivity index is 1.51. The summed E-state index contributed by atoms with van der Waals surface area (Å²) in [6, 6.07) is 27.9. The third-order valence-electron chi connectivity index (χ3n) is 4.56. The van der Waals surface area contributed by atoms with E-state index < -0.39 is 0 Å². The van der Waals surface area contributed by atoms with Crippen LogP contribution in [0.3, 0.4) is 0 Å². The first kappa shape index (κ1) is 18.2. The van der Waals surface area contributed by atoms with Crippen LogP contribution < -0.4 is 10.2 Å². The maximum atomic E-state index is 12.8. The van der Waals surface area contributed by atoms with E-state index >= 15 is 0 Å². The summed E-state index contributed by atoms with van der Waals surface area (Å²) < 4.78 is 1.12. The number of fused-ring (bicyclic) bond motifs is 1. The minimum absolute atomic E-state index is 0.0422. The maximum absolute atomic E-state index is 12.8. The smallest absolute Gasteiger partial charge is 0.240 e. The van der Waals surface area contributed by atoms with Crippen molar-refractivity contribution in [3.8, 4) is 0 Å². The van der Waals surface area contributed by atoms with Gasteiger partial charge in [-0.3, -0.25) is 4.79 Å². The molecule has 140 valence electrons. The monoisotopic (exact) mass is 387 g/mol. The Labute approximate surface area is 168 Å². The normalized spacial score (nSPS) is 10.9. The minimum atomic E-state index is -0.182. The van der Waals surface area contributed by atoms with E-state index in [0.717, 1.165) is 26.5 Å². The van der Waals surface area contributed by atoms with Crippen LogP contribution in [0.1, 0.15) is 17.2 Å². The Kier molecular flexibility index (Phi) is 5.35. The van der Waals surface area contributed by atoms with Gasteiger partial charge in [-0.1, -0.05) is 84.1 Å². The quantitative estimate of drug-likeness (QED) is 0.524. The molecular weight excluding hydrogens is 366 g/mol. The fraction of sp³-hybridized carbons (Fsp3) is 0.130. The molecule has 0 radical (unpaired) electrons. The lowest BCUT2D eigenvalue weighted by Crippen LogP contribution is -2.37. The van der Waals surface area contributed by atoms with E-state index in [1.54, 1.807) is 11.3 Å². The number of para-hydroxylation sites is 1. The summed E-state index contributed by atoms with van der Waals surface area (Å²) in [4.78, 5) is 19.3. The first-order chi connectivity index (χ1) is 13.7.